The van der Waals surface area contributed by atoms with Crippen molar-refractivity contribution in [1.82, 2.24) is 4.90 Å². The molecule has 5 nitrogen and oxygen atoms in total. The van der Waals surface area contributed by atoms with Crippen molar-refractivity contribution in [2.45, 2.75) is 20.3 Å². The minimum absolute atomic E-state index is 0.0371. The number of rotatable bonds is 5. The molecule has 0 aliphatic heterocycles. The zero-order valence-electron chi connectivity index (χ0n) is 10.4. The predicted molar refractivity (Wildman–Crippen MR) is 70.0 cm³/mol. The molecule has 0 heterocycles. The van der Waals surface area contributed by atoms with Crippen molar-refractivity contribution >= 4 is 23.2 Å². The lowest BCUT2D eigenvalue weighted by atomic mass is 10.1. The Morgan fingerprint density at radius 3 is 2.61 bits per heavy atom. The summed E-state index contributed by atoms with van der Waals surface area (Å²) in [4.78, 5) is 23.9. The fourth-order valence-electron chi connectivity index (χ4n) is 1.64. The Morgan fingerprint density at radius 1 is 1.44 bits per heavy atom. The SMILES string of the molecule is CCCN(CC)C(=O)c1ccc(Cl)c([N+](=O)[O-])c1. The maximum Gasteiger partial charge on any atom is 0.288 e. The first kappa shape index (κ1) is 14.4. The van der Waals surface area contributed by atoms with Gasteiger partial charge in [0, 0.05) is 24.7 Å². The molecule has 0 aromatic heterocycles. The molecule has 1 aromatic carbocycles. The van der Waals surface area contributed by atoms with Crippen molar-refractivity contribution < 1.29 is 9.72 Å². The zero-order chi connectivity index (χ0) is 13.7. The van der Waals surface area contributed by atoms with Crippen LogP contribution in [0.5, 0.6) is 0 Å². The summed E-state index contributed by atoms with van der Waals surface area (Å²) in [6.45, 7) is 5.05. The molecule has 1 rings (SSSR count). The standard InChI is InChI=1S/C12H15ClN2O3/c1-3-7-14(4-2)12(16)9-5-6-10(13)11(8-9)15(17)18/h5-6,8H,3-4,7H2,1-2H3. The number of nitrogens with zero attached hydrogens (tertiary/aromatic N) is 2. The third-order valence-corrected chi connectivity index (χ3v) is 2.87. The smallest absolute Gasteiger partial charge is 0.288 e. The average molecular weight is 271 g/mol. The summed E-state index contributed by atoms with van der Waals surface area (Å²) in [5.41, 5.74) is 0.0523. The molecule has 0 bridgehead atoms. The number of carbonyl (C=O) groups excluding carboxylic acids is 1. The minimum Gasteiger partial charge on any atom is -0.339 e. The van der Waals surface area contributed by atoms with Crippen LogP contribution in [0.15, 0.2) is 18.2 Å². The first-order chi connectivity index (χ1) is 8.51. The zero-order valence-corrected chi connectivity index (χ0v) is 11.1. The van der Waals surface area contributed by atoms with Crippen LogP contribution in [-0.2, 0) is 0 Å². The van der Waals surface area contributed by atoms with E-state index in [1.807, 2.05) is 13.8 Å². The fraction of sp³-hybridized carbons (Fsp3) is 0.417. The van der Waals surface area contributed by atoms with Crippen molar-refractivity contribution in [3.8, 4) is 0 Å². The van der Waals surface area contributed by atoms with Gasteiger partial charge < -0.3 is 4.90 Å². The third kappa shape index (κ3) is 3.20. The molecular weight excluding hydrogens is 256 g/mol. The summed E-state index contributed by atoms with van der Waals surface area (Å²) in [5, 5.41) is 10.8. The van der Waals surface area contributed by atoms with Crippen LogP contribution in [0.3, 0.4) is 0 Å². The number of nitro groups is 1. The van der Waals surface area contributed by atoms with E-state index in [1.165, 1.54) is 18.2 Å². The molecule has 0 spiro atoms. The molecule has 0 aliphatic rings. The Balaban J connectivity index is 3.06. The van der Waals surface area contributed by atoms with Crippen LogP contribution in [0.25, 0.3) is 0 Å². The Morgan fingerprint density at radius 2 is 2.11 bits per heavy atom. The summed E-state index contributed by atoms with van der Waals surface area (Å²) in [5.74, 6) is -0.209. The van der Waals surface area contributed by atoms with Gasteiger partial charge in [0.15, 0.2) is 0 Å². The maximum atomic E-state index is 12.1. The van der Waals surface area contributed by atoms with Crippen LogP contribution in [0.1, 0.15) is 30.6 Å². The van der Waals surface area contributed by atoms with Gasteiger partial charge in [-0.1, -0.05) is 18.5 Å². The van der Waals surface area contributed by atoms with Crippen molar-refractivity contribution in [3.05, 3.63) is 38.9 Å². The number of hydrogen-bond donors (Lipinski definition) is 0. The lowest BCUT2D eigenvalue weighted by Crippen LogP contribution is -2.31. The largest absolute Gasteiger partial charge is 0.339 e. The van der Waals surface area contributed by atoms with Gasteiger partial charge in [-0.2, -0.15) is 0 Å². The van der Waals surface area contributed by atoms with Crippen LogP contribution in [0.2, 0.25) is 5.02 Å². The van der Waals surface area contributed by atoms with Crippen molar-refractivity contribution in [1.29, 1.82) is 0 Å². The van der Waals surface area contributed by atoms with E-state index < -0.39 is 4.92 Å². The molecule has 98 valence electrons. The molecule has 0 aliphatic carbocycles. The minimum atomic E-state index is -0.588. The van der Waals surface area contributed by atoms with E-state index >= 15 is 0 Å². The van der Waals surface area contributed by atoms with Gasteiger partial charge in [-0.25, -0.2) is 0 Å². The molecule has 0 N–H and O–H groups in total. The number of nitro benzene ring substituents is 1. The second-order valence-electron chi connectivity index (χ2n) is 3.81. The molecule has 0 fully saturated rings. The van der Waals surface area contributed by atoms with Gasteiger partial charge in [-0.15, -0.1) is 0 Å². The quantitative estimate of drug-likeness (QED) is 0.610. The molecule has 18 heavy (non-hydrogen) atoms. The van der Waals surface area contributed by atoms with Crippen LogP contribution in [-0.4, -0.2) is 28.8 Å². The molecular formula is C12H15ClN2O3. The molecule has 0 radical (unpaired) electrons. The molecule has 1 amide bonds. The van der Waals surface area contributed by atoms with E-state index in [9.17, 15) is 14.9 Å². The lowest BCUT2D eigenvalue weighted by molar-refractivity contribution is -0.384. The van der Waals surface area contributed by atoms with Crippen molar-refractivity contribution in [2.75, 3.05) is 13.1 Å². The monoisotopic (exact) mass is 270 g/mol. The normalized spacial score (nSPS) is 10.2. The van der Waals surface area contributed by atoms with Gasteiger partial charge in [0.1, 0.15) is 5.02 Å². The van der Waals surface area contributed by atoms with Crippen LogP contribution < -0.4 is 0 Å². The second kappa shape index (κ2) is 6.35. The maximum absolute atomic E-state index is 12.1. The number of halogens is 1. The predicted octanol–water partition coefficient (Wildman–Crippen LogP) is 3.12. The van der Waals surface area contributed by atoms with Gasteiger partial charge in [0.25, 0.3) is 11.6 Å². The number of benzene rings is 1. The highest BCUT2D eigenvalue weighted by atomic mass is 35.5. The van der Waals surface area contributed by atoms with Crippen molar-refractivity contribution in [3.63, 3.8) is 0 Å². The lowest BCUT2D eigenvalue weighted by Gasteiger charge is -2.19. The van der Waals surface area contributed by atoms with Crippen LogP contribution in [0.4, 0.5) is 5.69 Å². The molecule has 0 unspecified atom stereocenters. The molecule has 6 heteroatoms. The summed E-state index contributed by atoms with van der Waals surface area (Å²) in [6, 6.07) is 4.12. The van der Waals surface area contributed by atoms with E-state index in [-0.39, 0.29) is 16.6 Å². The van der Waals surface area contributed by atoms with E-state index in [2.05, 4.69) is 0 Å². The molecule has 0 saturated carbocycles. The van der Waals surface area contributed by atoms with Crippen LogP contribution >= 0.6 is 11.6 Å². The second-order valence-corrected chi connectivity index (χ2v) is 4.22. The van der Waals surface area contributed by atoms with Gasteiger partial charge in [0.05, 0.1) is 4.92 Å². The highest BCUT2D eigenvalue weighted by Crippen LogP contribution is 2.25. The Labute approximate surface area is 110 Å². The Bertz CT molecular complexity index is 463. The number of amides is 1. The summed E-state index contributed by atoms with van der Waals surface area (Å²) >= 11 is 5.70. The first-order valence-corrected chi connectivity index (χ1v) is 6.12. The Kier molecular flexibility index (Phi) is 5.09. The molecule has 0 saturated heterocycles. The number of carbonyl (C=O) groups is 1. The van der Waals surface area contributed by atoms with Gasteiger partial charge >= 0.3 is 0 Å². The van der Waals surface area contributed by atoms with E-state index in [4.69, 9.17) is 11.6 Å². The molecule has 1 aromatic rings. The average Bonchev–Trinajstić information content (AvgIpc) is 2.35. The van der Waals surface area contributed by atoms with Gasteiger partial charge in [0.2, 0.25) is 0 Å². The number of hydrogen-bond acceptors (Lipinski definition) is 3. The summed E-state index contributed by atoms with van der Waals surface area (Å²) in [6.07, 6.45) is 0.843. The van der Waals surface area contributed by atoms with Crippen molar-refractivity contribution in [2.24, 2.45) is 0 Å². The van der Waals surface area contributed by atoms with E-state index in [1.54, 1.807) is 4.90 Å². The third-order valence-electron chi connectivity index (χ3n) is 2.55. The first-order valence-electron chi connectivity index (χ1n) is 5.74. The fourth-order valence-corrected chi connectivity index (χ4v) is 1.83. The van der Waals surface area contributed by atoms with Gasteiger partial charge in [-0.3, -0.25) is 14.9 Å². The highest BCUT2D eigenvalue weighted by molar-refractivity contribution is 6.32. The molecule has 0 atom stereocenters. The summed E-state index contributed by atoms with van der Waals surface area (Å²) in [7, 11) is 0. The van der Waals surface area contributed by atoms with E-state index in [0.717, 1.165) is 6.42 Å². The summed E-state index contributed by atoms with van der Waals surface area (Å²) < 4.78 is 0. The highest BCUT2D eigenvalue weighted by Gasteiger charge is 2.19. The Hall–Kier alpha value is -1.62. The van der Waals surface area contributed by atoms with Gasteiger partial charge in [-0.05, 0) is 25.5 Å². The van der Waals surface area contributed by atoms with Crippen LogP contribution in [0, 0.1) is 10.1 Å². The topological polar surface area (TPSA) is 63.5 Å². The van der Waals surface area contributed by atoms with E-state index in [0.29, 0.717) is 18.7 Å².